The molecule has 0 aliphatic rings. The highest BCUT2D eigenvalue weighted by atomic mass is 16.6. The Morgan fingerprint density at radius 2 is 0.346 bits per heavy atom. The third-order valence-electron chi connectivity index (χ3n) is 11.6. The van der Waals surface area contributed by atoms with Crippen LogP contribution >= 0.6 is 0 Å². The lowest BCUT2D eigenvalue weighted by Gasteiger charge is -2.24. The summed E-state index contributed by atoms with van der Waals surface area (Å²) in [5, 5.41) is 0. The zero-order valence-electron chi connectivity index (χ0n) is 53.3. The molecule has 0 bridgehead atoms. The Morgan fingerprint density at radius 1 is 0.222 bits per heavy atom. The van der Waals surface area contributed by atoms with Gasteiger partial charge in [-0.15, -0.1) is 0 Å². The van der Waals surface area contributed by atoms with Gasteiger partial charge in [-0.3, -0.25) is 0 Å². The van der Waals surface area contributed by atoms with Crippen molar-refractivity contribution in [3.05, 3.63) is 25.3 Å². The second-order valence-corrected chi connectivity index (χ2v) is 21.7. The largest absolute Gasteiger partial charge is 0.460 e. The molecule has 0 fully saturated rings. The summed E-state index contributed by atoms with van der Waals surface area (Å²) in [6, 6.07) is 0. The Kier molecular flexibility index (Phi) is 47.6. The fourth-order valence-corrected chi connectivity index (χ4v) is 6.45. The first-order valence-corrected chi connectivity index (χ1v) is 29.4. The van der Waals surface area contributed by atoms with Gasteiger partial charge in [0.25, 0.3) is 0 Å². The van der Waals surface area contributed by atoms with Crippen LogP contribution in [-0.4, -0.2) is 241 Å². The Bertz CT molecular complexity index is 1530. The monoisotopic (exact) mass is 1170 g/mol. The Balaban J connectivity index is 4.04. The molecular formula is C60H114O21. The molecule has 0 N–H and O–H groups in total. The third kappa shape index (κ3) is 48.7. The molecule has 21 nitrogen and oxygen atoms in total. The van der Waals surface area contributed by atoms with Gasteiger partial charge >= 0.3 is 11.9 Å². The van der Waals surface area contributed by atoms with Crippen molar-refractivity contribution in [1.29, 1.82) is 0 Å². The molecule has 18 atom stereocenters. The smallest absolute Gasteiger partial charge is 0.330 e. The minimum absolute atomic E-state index is 0.122. The number of ether oxygens (including phenoxy) is 19. The minimum atomic E-state index is -0.474. The van der Waals surface area contributed by atoms with Crippen LogP contribution in [0, 0.1) is 0 Å². The van der Waals surface area contributed by atoms with Gasteiger partial charge in [-0.05, 0) is 125 Å². The molecule has 0 heterocycles. The van der Waals surface area contributed by atoms with Gasteiger partial charge < -0.3 is 90.0 Å². The Morgan fingerprint density at radius 3 is 0.481 bits per heavy atom. The van der Waals surface area contributed by atoms with Crippen LogP contribution in [0.25, 0.3) is 0 Å². The van der Waals surface area contributed by atoms with Crippen molar-refractivity contribution in [2.24, 2.45) is 0 Å². The molecule has 0 amide bonds. The molecule has 0 aliphatic carbocycles. The molecule has 480 valence electrons. The third-order valence-corrected chi connectivity index (χ3v) is 11.6. The van der Waals surface area contributed by atoms with E-state index in [1.165, 1.54) is 0 Å². The zero-order chi connectivity index (χ0) is 61.1. The van der Waals surface area contributed by atoms with Gasteiger partial charge in [0.15, 0.2) is 0 Å². The molecular weight excluding hydrogens is 1060 g/mol. The molecule has 0 aliphatic heterocycles. The van der Waals surface area contributed by atoms with E-state index in [0.717, 1.165) is 12.2 Å². The van der Waals surface area contributed by atoms with Crippen molar-refractivity contribution in [3.8, 4) is 0 Å². The summed E-state index contributed by atoms with van der Waals surface area (Å²) in [4.78, 5) is 22.5. The molecule has 18 unspecified atom stereocenters. The number of rotatable bonds is 56. The first-order chi connectivity index (χ1) is 38.3. The highest BCUT2D eigenvalue weighted by Gasteiger charge is 2.19. The van der Waals surface area contributed by atoms with E-state index < -0.39 is 11.9 Å². The van der Waals surface area contributed by atoms with Gasteiger partial charge in [-0.25, -0.2) is 9.59 Å². The van der Waals surface area contributed by atoms with Gasteiger partial charge in [0.1, 0.15) is 12.7 Å². The summed E-state index contributed by atoms with van der Waals surface area (Å²) < 4.78 is 111. The summed E-state index contributed by atoms with van der Waals surface area (Å²) >= 11 is 0. The fraction of sp³-hybridized carbons (Fsp3) is 0.900. The quantitative estimate of drug-likeness (QED) is 0.0422. The van der Waals surface area contributed by atoms with E-state index in [9.17, 15) is 9.59 Å². The lowest BCUT2D eigenvalue weighted by Crippen LogP contribution is -2.31. The molecule has 0 spiro atoms. The van der Waals surface area contributed by atoms with Crippen LogP contribution in [0.4, 0.5) is 0 Å². The summed E-state index contributed by atoms with van der Waals surface area (Å²) in [5.74, 6) is -0.948. The van der Waals surface area contributed by atoms with Gasteiger partial charge in [0.05, 0.1) is 216 Å². The first-order valence-electron chi connectivity index (χ1n) is 29.4. The standard InChI is InChI=1S/C60H114O21/c1-21-59(61)80-39-57(19)78-37-55(17)76-35-53(15)74-33-51(13)72-31-49(11)70-29-47(9)68-27-45(7)66-25-43(5)64-23-41(3)63-24-42(4)65-26-44(6)67-28-46(8)69-30-48(10)71-32-50(12)73-34-52(14)75-36-54(16)77-38-56(18)79-40-58(20)81-60(62)22-2/h21-22,41-58H,1-2,23-40H2,3-20H3. The number of hydrogen-bond donors (Lipinski definition) is 0. The summed E-state index contributed by atoms with van der Waals surface area (Å²) in [5.41, 5.74) is 0. The van der Waals surface area contributed by atoms with E-state index in [0.29, 0.717) is 106 Å². The summed E-state index contributed by atoms with van der Waals surface area (Å²) in [6.07, 6.45) is -0.428. The second-order valence-electron chi connectivity index (χ2n) is 21.7. The fourth-order valence-electron chi connectivity index (χ4n) is 6.45. The normalized spacial score (nSPS) is 18.8. The van der Waals surface area contributed by atoms with E-state index in [1.807, 2.05) is 118 Å². The van der Waals surface area contributed by atoms with Crippen molar-refractivity contribution in [2.45, 2.75) is 234 Å². The van der Waals surface area contributed by atoms with E-state index in [2.05, 4.69) is 13.2 Å². The van der Waals surface area contributed by atoms with E-state index in [1.54, 1.807) is 6.92 Å². The van der Waals surface area contributed by atoms with Crippen molar-refractivity contribution in [2.75, 3.05) is 119 Å². The van der Waals surface area contributed by atoms with E-state index in [-0.39, 0.29) is 123 Å². The predicted octanol–water partition coefficient (Wildman–Crippen LogP) is 7.72. The molecule has 0 rings (SSSR count). The van der Waals surface area contributed by atoms with Crippen LogP contribution in [-0.2, 0) is 99.6 Å². The van der Waals surface area contributed by atoms with Crippen LogP contribution in [0.15, 0.2) is 25.3 Å². The maximum absolute atomic E-state index is 11.3. The van der Waals surface area contributed by atoms with Crippen LogP contribution in [0.1, 0.15) is 125 Å². The lowest BCUT2D eigenvalue weighted by molar-refractivity contribution is -0.147. The molecule has 0 aromatic carbocycles. The van der Waals surface area contributed by atoms with Crippen molar-refractivity contribution in [1.82, 2.24) is 0 Å². The number of carbonyl (C=O) groups excluding carboxylic acids is 2. The van der Waals surface area contributed by atoms with Crippen LogP contribution in [0.5, 0.6) is 0 Å². The van der Waals surface area contributed by atoms with Gasteiger partial charge in [0, 0.05) is 12.2 Å². The van der Waals surface area contributed by atoms with Crippen molar-refractivity contribution in [3.63, 3.8) is 0 Å². The first kappa shape index (κ1) is 78.7. The summed E-state index contributed by atoms with van der Waals surface area (Å²) in [7, 11) is 0. The Labute approximate surface area is 488 Å². The highest BCUT2D eigenvalue weighted by Crippen LogP contribution is 2.10. The van der Waals surface area contributed by atoms with Crippen LogP contribution in [0.2, 0.25) is 0 Å². The van der Waals surface area contributed by atoms with E-state index >= 15 is 0 Å². The average Bonchev–Trinajstić information content (AvgIpc) is 3.44. The molecule has 81 heavy (non-hydrogen) atoms. The lowest BCUT2D eigenvalue weighted by atomic mass is 10.3. The van der Waals surface area contributed by atoms with Gasteiger partial charge in [0.2, 0.25) is 0 Å². The van der Waals surface area contributed by atoms with Crippen molar-refractivity contribution >= 4 is 11.9 Å². The molecule has 21 heteroatoms. The van der Waals surface area contributed by atoms with Gasteiger partial charge in [-0.2, -0.15) is 0 Å². The minimum Gasteiger partial charge on any atom is -0.460 e. The molecule has 0 aromatic heterocycles. The highest BCUT2D eigenvalue weighted by molar-refractivity contribution is 5.81. The molecule has 0 saturated carbocycles. The summed E-state index contributed by atoms with van der Waals surface area (Å²) in [6.45, 7) is 48.8. The maximum atomic E-state index is 11.3. The van der Waals surface area contributed by atoms with Crippen LogP contribution in [0.3, 0.4) is 0 Å². The molecule has 0 aromatic rings. The van der Waals surface area contributed by atoms with Gasteiger partial charge in [-0.1, -0.05) is 13.2 Å². The average molecular weight is 1170 g/mol. The Hall–Kier alpha value is -2.26. The van der Waals surface area contributed by atoms with Crippen LogP contribution < -0.4 is 0 Å². The molecule has 0 radical (unpaired) electrons. The number of hydrogen-bond acceptors (Lipinski definition) is 21. The van der Waals surface area contributed by atoms with E-state index in [4.69, 9.17) is 90.0 Å². The van der Waals surface area contributed by atoms with Crippen molar-refractivity contribution < 1.29 is 99.6 Å². The maximum Gasteiger partial charge on any atom is 0.330 e. The zero-order valence-corrected chi connectivity index (χ0v) is 53.3. The molecule has 0 saturated heterocycles. The number of carbonyl (C=O) groups is 2. The number of esters is 2. The topological polar surface area (TPSA) is 210 Å². The SMILES string of the molecule is C=CC(=O)OCC(C)OCC(C)OCC(C)OCC(C)OCC(C)OCC(C)OCC(C)OCC(C)OCC(C)OCC(C)OCC(C)OCC(C)OCC(C)OCC(C)OCC(C)OCC(C)OCC(C)OCC(C)OC(=O)C=C. The second kappa shape index (κ2) is 48.9. The predicted molar refractivity (Wildman–Crippen MR) is 309 cm³/mol.